The molecule has 1 spiro atoms. The van der Waals surface area contributed by atoms with E-state index < -0.39 is 40.7 Å². The summed E-state index contributed by atoms with van der Waals surface area (Å²) in [5.74, 6) is -2.10. The van der Waals surface area contributed by atoms with Gasteiger partial charge in [-0.05, 0) is 36.6 Å². The molecule has 0 saturated carbocycles. The van der Waals surface area contributed by atoms with Gasteiger partial charge in [0, 0.05) is 31.9 Å². The third kappa shape index (κ3) is 3.44. The summed E-state index contributed by atoms with van der Waals surface area (Å²) in [4.78, 5) is 59.1. The molecule has 0 aliphatic carbocycles. The van der Waals surface area contributed by atoms with Crippen LogP contribution in [0.5, 0.6) is 0 Å². The molecule has 6 rings (SSSR count). The number of fused-ring (bicyclic) bond motifs is 4. The molecule has 4 amide bonds. The number of amides is 4. The van der Waals surface area contributed by atoms with Crippen LogP contribution in [-0.4, -0.2) is 57.5 Å². The molecular formula is C33H29N3O5. The van der Waals surface area contributed by atoms with Crippen LogP contribution in [-0.2, 0) is 15.2 Å². The zero-order valence-electron chi connectivity index (χ0n) is 23.2. The summed E-state index contributed by atoms with van der Waals surface area (Å²) in [5.41, 5.74) is -0.596. The molecule has 8 heteroatoms. The molecule has 0 radical (unpaired) electrons. The number of hydrogen-bond donors (Lipinski definition) is 1. The average molecular weight is 548 g/mol. The number of benzene rings is 3. The number of imide groups is 2. The molecule has 3 heterocycles. The molecule has 206 valence electrons. The summed E-state index contributed by atoms with van der Waals surface area (Å²) in [5, 5.41) is 13.1. The van der Waals surface area contributed by atoms with E-state index >= 15 is 0 Å². The van der Waals surface area contributed by atoms with E-state index in [9.17, 15) is 24.3 Å². The third-order valence-corrected chi connectivity index (χ3v) is 8.54. The first kappa shape index (κ1) is 26.4. The number of hydrogen-bond acceptors (Lipinski definition) is 6. The van der Waals surface area contributed by atoms with Crippen molar-refractivity contribution in [3.63, 3.8) is 0 Å². The first-order chi connectivity index (χ1) is 19.5. The number of carbonyl (C=O) groups is 4. The number of barbiturate groups is 1. The second-order valence-corrected chi connectivity index (χ2v) is 10.9. The lowest BCUT2D eigenvalue weighted by molar-refractivity contribution is -0.175. The van der Waals surface area contributed by atoms with E-state index in [1.165, 1.54) is 20.2 Å². The molecule has 0 bridgehead atoms. The SMILES string of the molecule is Cc1ccc(C(=O)/C=C2\N3C=Cc4ccccc4[C@H]3C3(C(=O)N(C)C(=O)N(C)C3=O)[C@]2(O)c2ccc(C)cc2)cc1. The minimum Gasteiger partial charge on any atom is -0.377 e. The van der Waals surface area contributed by atoms with Gasteiger partial charge in [0.1, 0.15) is 0 Å². The van der Waals surface area contributed by atoms with Crippen molar-refractivity contribution in [2.45, 2.75) is 25.5 Å². The van der Waals surface area contributed by atoms with Gasteiger partial charge in [0.25, 0.3) is 11.8 Å². The second-order valence-electron chi connectivity index (χ2n) is 10.9. The zero-order valence-corrected chi connectivity index (χ0v) is 23.2. The van der Waals surface area contributed by atoms with Crippen LogP contribution in [0.3, 0.4) is 0 Å². The summed E-state index contributed by atoms with van der Waals surface area (Å²) >= 11 is 0. The zero-order chi connectivity index (χ0) is 29.3. The number of ketones is 1. The molecule has 3 aromatic carbocycles. The van der Waals surface area contributed by atoms with Crippen molar-refractivity contribution in [3.05, 3.63) is 124 Å². The Morgan fingerprint density at radius 2 is 1.39 bits per heavy atom. The number of nitrogens with zero attached hydrogens (tertiary/aromatic N) is 3. The fourth-order valence-corrected chi connectivity index (χ4v) is 6.39. The van der Waals surface area contributed by atoms with E-state index in [2.05, 4.69) is 0 Å². The molecule has 0 unspecified atom stereocenters. The van der Waals surface area contributed by atoms with Gasteiger partial charge in [0.15, 0.2) is 16.8 Å². The molecule has 41 heavy (non-hydrogen) atoms. The Morgan fingerprint density at radius 1 is 0.829 bits per heavy atom. The summed E-state index contributed by atoms with van der Waals surface area (Å²) in [6.07, 6.45) is 4.81. The monoisotopic (exact) mass is 547 g/mol. The Kier molecular flexibility index (Phi) is 5.86. The van der Waals surface area contributed by atoms with E-state index in [-0.39, 0.29) is 11.3 Å². The molecule has 3 aliphatic rings. The van der Waals surface area contributed by atoms with Crippen molar-refractivity contribution >= 4 is 29.7 Å². The van der Waals surface area contributed by atoms with Gasteiger partial charge >= 0.3 is 6.03 Å². The lowest BCUT2D eigenvalue weighted by atomic mass is 9.61. The molecule has 2 saturated heterocycles. The number of allylic oxidation sites excluding steroid dienone is 1. The standard InChI is InChI=1S/C33H29N3O5/c1-20-9-13-23(14-10-20)26(37)19-27-33(41,24-15-11-21(2)12-16-24)32(29(38)34(3)31(40)35(4)30(32)39)28-25-8-6-5-7-22(25)17-18-36(27)28/h5-19,28,41H,1-4H3/b27-19-/t28-,33-/m0/s1. The first-order valence-electron chi connectivity index (χ1n) is 13.3. The summed E-state index contributed by atoms with van der Waals surface area (Å²) < 4.78 is 0. The number of carbonyl (C=O) groups excluding carboxylic acids is 4. The minimum absolute atomic E-state index is 0.0699. The maximum atomic E-state index is 14.5. The third-order valence-electron chi connectivity index (χ3n) is 8.54. The van der Waals surface area contributed by atoms with Crippen molar-refractivity contribution in [2.24, 2.45) is 5.41 Å². The Hall–Kier alpha value is -4.82. The predicted octanol–water partition coefficient (Wildman–Crippen LogP) is 4.34. The van der Waals surface area contributed by atoms with Crippen LogP contribution in [0.4, 0.5) is 4.79 Å². The average Bonchev–Trinajstić information content (AvgIpc) is 3.20. The highest BCUT2D eigenvalue weighted by Crippen LogP contribution is 2.66. The molecule has 0 aromatic heterocycles. The highest BCUT2D eigenvalue weighted by atomic mass is 16.3. The molecule has 1 N–H and O–H groups in total. The summed E-state index contributed by atoms with van der Waals surface area (Å²) in [7, 11) is 2.61. The Morgan fingerprint density at radius 3 is 2.00 bits per heavy atom. The van der Waals surface area contributed by atoms with Gasteiger partial charge < -0.3 is 10.0 Å². The van der Waals surface area contributed by atoms with Crippen LogP contribution >= 0.6 is 0 Å². The van der Waals surface area contributed by atoms with Gasteiger partial charge in [0.05, 0.1) is 11.7 Å². The molecule has 2 fully saturated rings. The lowest BCUT2D eigenvalue weighted by Crippen LogP contribution is -2.70. The van der Waals surface area contributed by atoms with Crippen LogP contribution in [0.2, 0.25) is 0 Å². The lowest BCUT2D eigenvalue weighted by Gasteiger charge is -2.48. The number of aliphatic hydroxyl groups is 1. The van der Waals surface area contributed by atoms with Crippen molar-refractivity contribution in [2.75, 3.05) is 14.1 Å². The number of aryl methyl sites for hydroxylation is 2. The van der Waals surface area contributed by atoms with E-state index in [4.69, 9.17) is 0 Å². The fourth-order valence-electron chi connectivity index (χ4n) is 6.39. The quantitative estimate of drug-likeness (QED) is 0.298. The molecule has 3 aliphatic heterocycles. The normalized spacial score (nSPS) is 23.8. The molecular weight excluding hydrogens is 518 g/mol. The van der Waals surface area contributed by atoms with Gasteiger partial charge in [-0.1, -0.05) is 83.9 Å². The Balaban J connectivity index is 1.72. The summed E-state index contributed by atoms with van der Waals surface area (Å²) in [6.45, 7) is 3.80. The molecule has 8 nitrogen and oxygen atoms in total. The smallest absolute Gasteiger partial charge is 0.332 e. The number of rotatable bonds is 3. The van der Waals surface area contributed by atoms with Crippen LogP contribution in [0.25, 0.3) is 6.08 Å². The highest BCUT2D eigenvalue weighted by molar-refractivity contribution is 6.21. The number of urea groups is 1. The van der Waals surface area contributed by atoms with E-state index in [1.54, 1.807) is 59.6 Å². The second kappa shape index (κ2) is 9.11. The Labute approximate surface area is 237 Å². The van der Waals surface area contributed by atoms with Crippen LogP contribution in [0, 0.1) is 19.3 Å². The Bertz CT molecular complexity index is 1660. The molecule has 3 aromatic rings. The van der Waals surface area contributed by atoms with Crippen molar-refractivity contribution in [1.29, 1.82) is 0 Å². The van der Waals surface area contributed by atoms with E-state index in [1.807, 2.05) is 44.2 Å². The van der Waals surface area contributed by atoms with Crippen molar-refractivity contribution in [1.82, 2.24) is 14.7 Å². The molecule has 2 atom stereocenters. The van der Waals surface area contributed by atoms with Crippen molar-refractivity contribution < 1.29 is 24.3 Å². The van der Waals surface area contributed by atoms with E-state index in [0.29, 0.717) is 11.1 Å². The van der Waals surface area contributed by atoms with Gasteiger partial charge in [-0.15, -0.1) is 0 Å². The largest absolute Gasteiger partial charge is 0.377 e. The topological polar surface area (TPSA) is 98.2 Å². The van der Waals surface area contributed by atoms with Gasteiger partial charge in [-0.2, -0.15) is 0 Å². The van der Waals surface area contributed by atoms with Crippen LogP contribution in [0.1, 0.15) is 44.2 Å². The predicted molar refractivity (Wildman–Crippen MR) is 152 cm³/mol. The van der Waals surface area contributed by atoms with Crippen LogP contribution in [0.15, 0.2) is 90.8 Å². The van der Waals surface area contributed by atoms with Gasteiger partial charge in [0.2, 0.25) is 0 Å². The maximum absolute atomic E-state index is 14.5. The maximum Gasteiger partial charge on any atom is 0.332 e. The summed E-state index contributed by atoms with van der Waals surface area (Å²) in [6, 6.07) is 19.3. The minimum atomic E-state index is -2.33. The fraction of sp³-hybridized carbons (Fsp3) is 0.212. The highest BCUT2D eigenvalue weighted by Gasteiger charge is 2.78. The van der Waals surface area contributed by atoms with Gasteiger partial charge in [-0.3, -0.25) is 24.2 Å². The first-order valence-corrected chi connectivity index (χ1v) is 13.3. The van der Waals surface area contributed by atoms with E-state index in [0.717, 1.165) is 26.5 Å². The van der Waals surface area contributed by atoms with Crippen molar-refractivity contribution in [3.8, 4) is 0 Å². The van der Waals surface area contributed by atoms with Crippen LogP contribution < -0.4 is 0 Å². The van der Waals surface area contributed by atoms with Gasteiger partial charge in [-0.25, -0.2) is 4.79 Å².